The lowest BCUT2D eigenvalue weighted by Gasteiger charge is -2.34. The van der Waals surface area contributed by atoms with Gasteiger partial charge in [-0.05, 0) is 24.2 Å². The number of hydrogen-bond donors (Lipinski definition) is 3. The van der Waals surface area contributed by atoms with Gasteiger partial charge >= 0.3 is 12.0 Å². The summed E-state index contributed by atoms with van der Waals surface area (Å²) in [4.78, 5) is 23.4. The zero-order valence-electron chi connectivity index (χ0n) is 12.2. The van der Waals surface area contributed by atoms with Gasteiger partial charge in [0.05, 0.1) is 0 Å². The van der Waals surface area contributed by atoms with Crippen molar-refractivity contribution >= 4 is 12.0 Å². The molecule has 0 aromatic heterocycles. The summed E-state index contributed by atoms with van der Waals surface area (Å²) in [6.45, 7) is 5.65. The van der Waals surface area contributed by atoms with E-state index in [1.807, 2.05) is 0 Å². The van der Waals surface area contributed by atoms with Crippen molar-refractivity contribution in [2.45, 2.75) is 45.1 Å². The molecule has 2 fully saturated rings. The first-order valence-electron chi connectivity index (χ1n) is 7.27. The van der Waals surface area contributed by atoms with Crippen molar-refractivity contribution in [3.63, 3.8) is 0 Å². The number of carbonyl (C=O) groups excluding carboxylic acids is 1. The van der Waals surface area contributed by atoms with Crippen molar-refractivity contribution < 1.29 is 19.4 Å². The maximum atomic E-state index is 12.0. The van der Waals surface area contributed by atoms with Gasteiger partial charge in [-0.25, -0.2) is 9.59 Å². The second kappa shape index (κ2) is 5.60. The SMILES string of the molecule is CC(C)C1(CNC(=O)NC2(C(=O)O)CCOCC2)CC1. The highest BCUT2D eigenvalue weighted by Crippen LogP contribution is 2.51. The molecule has 1 saturated carbocycles. The third-order valence-corrected chi connectivity index (χ3v) is 4.83. The number of carboxylic acid groups (broad SMARTS) is 1. The van der Waals surface area contributed by atoms with E-state index in [9.17, 15) is 14.7 Å². The molecular formula is C14H24N2O4. The van der Waals surface area contributed by atoms with Crippen LogP contribution in [-0.2, 0) is 9.53 Å². The number of aliphatic carboxylic acids is 1. The molecule has 0 unspecified atom stereocenters. The Kier molecular flexibility index (Phi) is 4.22. The average Bonchev–Trinajstić information content (AvgIpc) is 3.18. The number of hydrogen-bond acceptors (Lipinski definition) is 3. The van der Waals surface area contributed by atoms with Crippen molar-refractivity contribution in [2.75, 3.05) is 19.8 Å². The van der Waals surface area contributed by atoms with E-state index < -0.39 is 11.5 Å². The Morgan fingerprint density at radius 1 is 1.20 bits per heavy atom. The molecule has 20 heavy (non-hydrogen) atoms. The van der Waals surface area contributed by atoms with Crippen LogP contribution in [0.2, 0.25) is 0 Å². The Morgan fingerprint density at radius 3 is 2.25 bits per heavy atom. The number of ether oxygens (including phenoxy) is 1. The molecule has 2 rings (SSSR count). The van der Waals surface area contributed by atoms with Crippen LogP contribution in [0.15, 0.2) is 0 Å². The standard InChI is InChI=1S/C14H24N2O4/c1-10(2)13(3-4-13)9-15-12(19)16-14(11(17)18)5-7-20-8-6-14/h10H,3-9H2,1-2H3,(H,17,18)(H2,15,16,19). The van der Waals surface area contributed by atoms with Crippen LogP contribution in [0, 0.1) is 11.3 Å². The van der Waals surface area contributed by atoms with E-state index in [2.05, 4.69) is 24.5 Å². The normalized spacial score (nSPS) is 23.1. The van der Waals surface area contributed by atoms with E-state index in [4.69, 9.17) is 4.74 Å². The maximum Gasteiger partial charge on any atom is 0.329 e. The fourth-order valence-corrected chi connectivity index (χ4v) is 2.75. The highest BCUT2D eigenvalue weighted by molar-refractivity contribution is 5.86. The van der Waals surface area contributed by atoms with Gasteiger partial charge in [0.25, 0.3) is 0 Å². The maximum absolute atomic E-state index is 12.0. The Morgan fingerprint density at radius 2 is 1.80 bits per heavy atom. The van der Waals surface area contributed by atoms with Gasteiger partial charge in [-0.2, -0.15) is 0 Å². The highest BCUT2D eigenvalue weighted by atomic mass is 16.5. The van der Waals surface area contributed by atoms with Crippen LogP contribution in [0.3, 0.4) is 0 Å². The molecule has 1 heterocycles. The average molecular weight is 284 g/mol. The fraction of sp³-hybridized carbons (Fsp3) is 0.857. The molecule has 0 bridgehead atoms. The van der Waals surface area contributed by atoms with Crippen LogP contribution in [-0.4, -0.2) is 42.4 Å². The molecule has 0 spiro atoms. The molecule has 0 atom stereocenters. The Balaban J connectivity index is 1.88. The largest absolute Gasteiger partial charge is 0.480 e. The minimum Gasteiger partial charge on any atom is -0.480 e. The van der Waals surface area contributed by atoms with Gasteiger partial charge in [-0.15, -0.1) is 0 Å². The lowest BCUT2D eigenvalue weighted by Crippen LogP contribution is -2.60. The Bertz CT molecular complexity index is 385. The molecule has 2 aliphatic rings. The lowest BCUT2D eigenvalue weighted by atomic mass is 9.90. The predicted molar refractivity (Wildman–Crippen MR) is 73.5 cm³/mol. The van der Waals surface area contributed by atoms with Crippen molar-refractivity contribution in [3.05, 3.63) is 0 Å². The number of amides is 2. The highest BCUT2D eigenvalue weighted by Gasteiger charge is 2.46. The number of rotatable bonds is 5. The monoisotopic (exact) mass is 284 g/mol. The molecule has 2 amide bonds. The molecule has 6 heteroatoms. The number of urea groups is 1. The molecule has 0 aromatic carbocycles. The molecule has 0 radical (unpaired) electrons. The molecule has 114 valence electrons. The lowest BCUT2D eigenvalue weighted by molar-refractivity contribution is -0.148. The molecule has 1 aliphatic carbocycles. The topological polar surface area (TPSA) is 87.7 Å². The summed E-state index contributed by atoms with van der Waals surface area (Å²) in [5.41, 5.74) is -0.972. The van der Waals surface area contributed by atoms with Crippen LogP contribution in [0.5, 0.6) is 0 Å². The Labute approximate surface area is 119 Å². The van der Waals surface area contributed by atoms with Gasteiger partial charge in [-0.3, -0.25) is 0 Å². The van der Waals surface area contributed by atoms with Crippen LogP contribution in [0.4, 0.5) is 4.79 Å². The quantitative estimate of drug-likeness (QED) is 0.711. The number of carboxylic acids is 1. The number of nitrogens with one attached hydrogen (secondary N) is 2. The van der Waals surface area contributed by atoms with Crippen molar-refractivity contribution in [1.29, 1.82) is 0 Å². The van der Waals surface area contributed by atoms with Gasteiger partial charge in [0.2, 0.25) is 0 Å². The summed E-state index contributed by atoms with van der Waals surface area (Å²) in [7, 11) is 0. The first-order valence-corrected chi connectivity index (χ1v) is 7.27. The second-order valence-corrected chi connectivity index (χ2v) is 6.32. The molecule has 1 saturated heterocycles. The first kappa shape index (κ1) is 15.1. The van der Waals surface area contributed by atoms with E-state index in [0.717, 1.165) is 12.8 Å². The van der Waals surface area contributed by atoms with Gasteiger partial charge in [0.15, 0.2) is 0 Å². The van der Waals surface area contributed by atoms with Gasteiger partial charge < -0.3 is 20.5 Å². The van der Waals surface area contributed by atoms with Crippen LogP contribution >= 0.6 is 0 Å². The van der Waals surface area contributed by atoms with E-state index >= 15 is 0 Å². The predicted octanol–water partition coefficient (Wildman–Crippen LogP) is 1.36. The summed E-state index contributed by atoms with van der Waals surface area (Å²) in [6, 6.07) is -0.388. The molecular weight excluding hydrogens is 260 g/mol. The molecule has 6 nitrogen and oxygen atoms in total. The Hall–Kier alpha value is -1.30. The first-order chi connectivity index (χ1) is 9.40. The summed E-state index contributed by atoms with van der Waals surface area (Å²) in [5, 5.41) is 14.8. The van der Waals surface area contributed by atoms with E-state index in [-0.39, 0.29) is 11.4 Å². The van der Waals surface area contributed by atoms with Gasteiger partial charge in [0, 0.05) is 32.6 Å². The van der Waals surface area contributed by atoms with Crippen LogP contribution < -0.4 is 10.6 Å². The fourth-order valence-electron chi connectivity index (χ4n) is 2.75. The van der Waals surface area contributed by atoms with E-state index in [0.29, 0.717) is 38.5 Å². The minimum atomic E-state index is -1.18. The molecule has 3 N–H and O–H groups in total. The summed E-state index contributed by atoms with van der Waals surface area (Å²) < 4.78 is 5.18. The third kappa shape index (κ3) is 3.06. The zero-order valence-corrected chi connectivity index (χ0v) is 12.2. The van der Waals surface area contributed by atoms with Crippen molar-refractivity contribution in [1.82, 2.24) is 10.6 Å². The van der Waals surface area contributed by atoms with E-state index in [1.165, 1.54) is 0 Å². The minimum absolute atomic E-state index is 0.212. The van der Waals surface area contributed by atoms with E-state index in [1.54, 1.807) is 0 Å². The summed E-state index contributed by atoms with van der Waals surface area (Å²) >= 11 is 0. The smallest absolute Gasteiger partial charge is 0.329 e. The van der Waals surface area contributed by atoms with Crippen LogP contribution in [0.25, 0.3) is 0 Å². The van der Waals surface area contributed by atoms with Gasteiger partial charge in [-0.1, -0.05) is 13.8 Å². The zero-order chi connectivity index (χ0) is 14.8. The summed E-state index contributed by atoms with van der Waals surface area (Å²) in [6.07, 6.45) is 2.88. The van der Waals surface area contributed by atoms with Gasteiger partial charge in [0.1, 0.15) is 5.54 Å². The number of carbonyl (C=O) groups is 2. The molecule has 1 aliphatic heterocycles. The van der Waals surface area contributed by atoms with Crippen LogP contribution in [0.1, 0.15) is 39.5 Å². The second-order valence-electron chi connectivity index (χ2n) is 6.32. The third-order valence-electron chi connectivity index (χ3n) is 4.83. The van der Waals surface area contributed by atoms with Crippen molar-refractivity contribution in [3.8, 4) is 0 Å². The summed E-state index contributed by atoms with van der Waals surface area (Å²) in [5.74, 6) is -0.458. The van der Waals surface area contributed by atoms with Crippen molar-refractivity contribution in [2.24, 2.45) is 11.3 Å². The molecule has 0 aromatic rings.